The summed E-state index contributed by atoms with van der Waals surface area (Å²) in [5.41, 5.74) is 0.525. The average Bonchev–Trinajstić information content (AvgIpc) is 2.19. The van der Waals surface area contributed by atoms with E-state index in [1.807, 2.05) is 0 Å². The summed E-state index contributed by atoms with van der Waals surface area (Å²) in [4.78, 5) is 0. The molecule has 1 N–H and O–H groups in total. The summed E-state index contributed by atoms with van der Waals surface area (Å²) < 4.78 is 10.5. The SMILES string of the molecule is COCCOCCC1(CNC(C)C)CCC1. The molecule has 0 aromatic heterocycles. The molecule has 0 spiro atoms. The van der Waals surface area contributed by atoms with Crippen molar-refractivity contribution in [3.05, 3.63) is 0 Å². The third kappa shape index (κ3) is 4.81. The highest BCUT2D eigenvalue weighted by molar-refractivity contribution is 4.89. The lowest BCUT2D eigenvalue weighted by molar-refractivity contribution is 0.0269. The molecule has 96 valence electrons. The molecule has 0 aromatic rings. The van der Waals surface area contributed by atoms with Gasteiger partial charge in [0.15, 0.2) is 0 Å². The van der Waals surface area contributed by atoms with E-state index in [0.717, 1.165) is 19.8 Å². The van der Waals surface area contributed by atoms with Crippen molar-refractivity contribution in [3.63, 3.8) is 0 Å². The van der Waals surface area contributed by atoms with Gasteiger partial charge in [0.05, 0.1) is 13.2 Å². The van der Waals surface area contributed by atoms with E-state index in [0.29, 0.717) is 18.1 Å². The van der Waals surface area contributed by atoms with Crippen molar-refractivity contribution in [2.75, 3.05) is 33.5 Å². The maximum atomic E-state index is 5.56. The molecular weight excluding hydrogens is 202 g/mol. The van der Waals surface area contributed by atoms with E-state index in [2.05, 4.69) is 19.2 Å². The van der Waals surface area contributed by atoms with E-state index < -0.39 is 0 Å². The van der Waals surface area contributed by atoms with Gasteiger partial charge < -0.3 is 14.8 Å². The van der Waals surface area contributed by atoms with Crippen LogP contribution in [0.3, 0.4) is 0 Å². The smallest absolute Gasteiger partial charge is 0.0700 e. The van der Waals surface area contributed by atoms with Crippen LogP contribution < -0.4 is 5.32 Å². The molecule has 0 aromatic carbocycles. The van der Waals surface area contributed by atoms with Crippen LogP contribution in [0.25, 0.3) is 0 Å². The summed E-state index contributed by atoms with van der Waals surface area (Å²) in [5, 5.41) is 3.56. The van der Waals surface area contributed by atoms with Gasteiger partial charge >= 0.3 is 0 Å². The van der Waals surface area contributed by atoms with Gasteiger partial charge in [-0.3, -0.25) is 0 Å². The Kier molecular flexibility index (Phi) is 6.32. The number of methoxy groups -OCH3 is 1. The Hall–Kier alpha value is -0.120. The van der Waals surface area contributed by atoms with Crippen LogP contribution >= 0.6 is 0 Å². The first-order chi connectivity index (χ1) is 7.68. The third-order valence-electron chi connectivity index (χ3n) is 3.51. The van der Waals surface area contributed by atoms with E-state index in [1.54, 1.807) is 7.11 Å². The van der Waals surface area contributed by atoms with E-state index >= 15 is 0 Å². The molecule has 3 nitrogen and oxygen atoms in total. The second-order valence-electron chi connectivity index (χ2n) is 5.24. The van der Waals surface area contributed by atoms with Crippen LogP contribution in [0.5, 0.6) is 0 Å². The minimum absolute atomic E-state index is 0.525. The molecule has 16 heavy (non-hydrogen) atoms. The van der Waals surface area contributed by atoms with E-state index in [9.17, 15) is 0 Å². The first kappa shape index (κ1) is 13.9. The Morgan fingerprint density at radius 1 is 1.19 bits per heavy atom. The fourth-order valence-electron chi connectivity index (χ4n) is 2.15. The Morgan fingerprint density at radius 3 is 2.44 bits per heavy atom. The second-order valence-corrected chi connectivity index (χ2v) is 5.24. The van der Waals surface area contributed by atoms with Crippen LogP contribution in [-0.4, -0.2) is 39.5 Å². The summed E-state index contributed by atoms with van der Waals surface area (Å²) in [6, 6.07) is 0.590. The monoisotopic (exact) mass is 229 g/mol. The van der Waals surface area contributed by atoms with Gasteiger partial charge in [-0.05, 0) is 24.7 Å². The molecular formula is C13H27NO2. The summed E-state index contributed by atoms with van der Waals surface area (Å²) in [6.07, 6.45) is 5.30. The van der Waals surface area contributed by atoms with Gasteiger partial charge in [-0.1, -0.05) is 20.3 Å². The zero-order valence-electron chi connectivity index (χ0n) is 11.1. The maximum absolute atomic E-state index is 5.56. The lowest BCUT2D eigenvalue weighted by Gasteiger charge is -2.42. The van der Waals surface area contributed by atoms with Crippen LogP contribution in [0, 0.1) is 5.41 Å². The van der Waals surface area contributed by atoms with Gasteiger partial charge in [-0.2, -0.15) is 0 Å². The zero-order chi connectivity index (χ0) is 11.9. The van der Waals surface area contributed by atoms with Gasteiger partial charge in [0.25, 0.3) is 0 Å². The van der Waals surface area contributed by atoms with Gasteiger partial charge in [-0.15, -0.1) is 0 Å². The molecule has 0 bridgehead atoms. The first-order valence-electron chi connectivity index (χ1n) is 6.49. The molecule has 0 aliphatic heterocycles. The molecule has 0 amide bonds. The van der Waals surface area contributed by atoms with Gasteiger partial charge in [0.1, 0.15) is 0 Å². The average molecular weight is 229 g/mol. The van der Waals surface area contributed by atoms with Crippen LogP contribution in [0.15, 0.2) is 0 Å². The van der Waals surface area contributed by atoms with Crippen molar-refractivity contribution >= 4 is 0 Å². The summed E-state index contributed by atoms with van der Waals surface area (Å²) in [6.45, 7) is 7.88. The molecule has 0 radical (unpaired) electrons. The zero-order valence-corrected chi connectivity index (χ0v) is 11.1. The van der Waals surface area contributed by atoms with Crippen molar-refractivity contribution in [1.29, 1.82) is 0 Å². The molecule has 1 aliphatic rings. The minimum atomic E-state index is 0.525. The van der Waals surface area contributed by atoms with Gasteiger partial charge in [0.2, 0.25) is 0 Å². The highest BCUT2D eigenvalue weighted by Gasteiger charge is 2.36. The standard InChI is InChI=1S/C13H27NO2/c1-12(2)14-11-13(5-4-6-13)7-8-16-10-9-15-3/h12,14H,4-11H2,1-3H3. The largest absolute Gasteiger partial charge is 0.382 e. The van der Waals surface area contributed by atoms with Crippen molar-refractivity contribution in [1.82, 2.24) is 5.32 Å². The van der Waals surface area contributed by atoms with E-state index in [1.165, 1.54) is 25.7 Å². The lowest BCUT2D eigenvalue weighted by atomic mass is 9.66. The number of hydrogen-bond donors (Lipinski definition) is 1. The molecule has 0 heterocycles. The van der Waals surface area contributed by atoms with Crippen molar-refractivity contribution in [2.24, 2.45) is 5.41 Å². The van der Waals surface area contributed by atoms with Crippen LogP contribution in [-0.2, 0) is 9.47 Å². The number of nitrogens with one attached hydrogen (secondary N) is 1. The fourth-order valence-corrected chi connectivity index (χ4v) is 2.15. The normalized spacial score (nSPS) is 18.8. The van der Waals surface area contributed by atoms with Crippen LogP contribution in [0.4, 0.5) is 0 Å². The fraction of sp³-hybridized carbons (Fsp3) is 1.00. The topological polar surface area (TPSA) is 30.5 Å². The Morgan fingerprint density at radius 2 is 1.94 bits per heavy atom. The van der Waals surface area contributed by atoms with Crippen LogP contribution in [0.1, 0.15) is 39.5 Å². The quantitative estimate of drug-likeness (QED) is 0.615. The third-order valence-corrected chi connectivity index (χ3v) is 3.51. The summed E-state index contributed by atoms with van der Waals surface area (Å²) in [7, 11) is 1.71. The number of hydrogen-bond acceptors (Lipinski definition) is 3. The van der Waals surface area contributed by atoms with Crippen molar-refractivity contribution in [3.8, 4) is 0 Å². The molecule has 0 atom stereocenters. The molecule has 1 saturated carbocycles. The van der Waals surface area contributed by atoms with Crippen molar-refractivity contribution < 1.29 is 9.47 Å². The van der Waals surface area contributed by atoms with E-state index in [-0.39, 0.29) is 0 Å². The Balaban J connectivity index is 2.10. The van der Waals surface area contributed by atoms with Gasteiger partial charge in [-0.25, -0.2) is 0 Å². The minimum Gasteiger partial charge on any atom is -0.382 e. The predicted molar refractivity (Wildman–Crippen MR) is 66.7 cm³/mol. The molecule has 1 rings (SSSR count). The molecule has 1 fully saturated rings. The first-order valence-corrected chi connectivity index (χ1v) is 6.49. The molecule has 1 aliphatic carbocycles. The summed E-state index contributed by atoms with van der Waals surface area (Å²) >= 11 is 0. The highest BCUT2D eigenvalue weighted by atomic mass is 16.5. The highest BCUT2D eigenvalue weighted by Crippen LogP contribution is 2.43. The van der Waals surface area contributed by atoms with Gasteiger partial charge in [0, 0.05) is 26.3 Å². The molecule has 0 saturated heterocycles. The second kappa shape index (κ2) is 7.25. The lowest BCUT2D eigenvalue weighted by Crippen LogP contribution is -2.43. The Labute approximate surface area is 99.9 Å². The van der Waals surface area contributed by atoms with Crippen LogP contribution in [0.2, 0.25) is 0 Å². The Bertz CT molecular complexity index is 179. The molecule has 0 unspecified atom stereocenters. The number of rotatable bonds is 9. The predicted octanol–water partition coefficient (Wildman–Crippen LogP) is 2.21. The van der Waals surface area contributed by atoms with Crippen molar-refractivity contribution in [2.45, 2.75) is 45.6 Å². The summed E-state index contributed by atoms with van der Waals surface area (Å²) in [5.74, 6) is 0. The van der Waals surface area contributed by atoms with E-state index in [4.69, 9.17) is 9.47 Å². The maximum Gasteiger partial charge on any atom is 0.0700 e. The molecule has 3 heteroatoms. The number of ether oxygens (including phenoxy) is 2.